The van der Waals surface area contributed by atoms with Gasteiger partial charge in [-0.1, -0.05) is 42.5 Å². The second-order valence-electron chi connectivity index (χ2n) is 8.99. The number of nitrogens with zero attached hydrogens (tertiary/aromatic N) is 2. The number of carboxylic acid groups (broad SMARTS) is 1. The molecule has 0 saturated carbocycles. The molecular weight excluding hydrogens is 454 g/mol. The van der Waals surface area contributed by atoms with E-state index in [1.165, 1.54) is 5.56 Å². The van der Waals surface area contributed by atoms with Crippen molar-refractivity contribution >= 4 is 17.6 Å². The number of amides is 1. The molecule has 3 rings (SSSR count). The highest BCUT2D eigenvalue weighted by molar-refractivity contribution is 5.92. The molecule has 0 unspecified atom stereocenters. The average molecular weight is 490 g/mol. The fourth-order valence-corrected chi connectivity index (χ4v) is 3.84. The maximum absolute atomic E-state index is 12.4. The van der Waals surface area contributed by atoms with Gasteiger partial charge in [0.2, 0.25) is 5.91 Å². The van der Waals surface area contributed by atoms with Gasteiger partial charge >= 0.3 is 5.97 Å². The number of nitrogens with one attached hydrogen (secondary N) is 1. The predicted octanol–water partition coefficient (Wildman–Crippen LogP) is 4.40. The largest absolute Gasteiger partial charge is 0.493 e. The maximum atomic E-state index is 12.4. The zero-order valence-electron chi connectivity index (χ0n) is 21.0. The van der Waals surface area contributed by atoms with Gasteiger partial charge in [0.1, 0.15) is 5.75 Å². The number of benzene rings is 3. The molecule has 0 aliphatic heterocycles. The summed E-state index contributed by atoms with van der Waals surface area (Å²) in [6, 6.07) is 24.6. The molecule has 190 valence electrons. The summed E-state index contributed by atoms with van der Waals surface area (Å²) in [5.41, 5.74) is 3.36. The van der Waals surface area contributed by atoms with E-state index in [0.717, 1.165) is 49.5 Å². The molecule has 3 aromatic carbocycles. The van der Waals surface area contributed by atoms with Gasteiger partial charge < -0.3 is 20.1 Å². The lowest BCUT2D eigenvalue weighted by molar-refractivity contribution is -0.117. The normalized spacial score (nSPS) is 11.0. The van der Waals surface area contributed by atoms with Crippen LogP contribution in [0, 0.1) is 0 Å². The molecule has 0 radical (unpaired) electrons. The summed E-state index contributed by atoms with van der Waals surface area (Å²) >= 11 is 0. The summed E-state index contributed by atoms with van der Waals surface area (Å²) in [5.74, 6) is -0.187. The Labute approximate surface area is 213 Å². The highest BCUT2D eigenvalue weighted by Gasteiger charge is 2.09. The van der Waals surface area contributed by atoms with E-state index in [0.29, 0.717) is 18.7 Å². The van der Waals surface area contributed by atoms with Crippen LogP contribution in [0.5, 0.6) is 5.75 Å². The van der Waals surface area contributed by atoms with E-state index in [-0.39, 0.29) is 5.91 Å². The first kappa shape index (κ1) is 26.9. The smallest absolute Gasteiger partial charge is 0.335 e. The average Bonchev–Trinajstić information content (AvgIpc) is 2.86. The van der Waals surface area contributed by atoms with Crippen LogP contribution >= 0.6 is 0 Å². The lowest BCUT2D eigenvalue weighted by Gasteiger charge is -2.20. The molecule has 0 saturated heterocycles. The van der Waals surface area contributed by atoms with Crippen molar-refractivity contribution in [3.05, 3.63) is 95.6 Å². The van der Waals surface area contributed by atoms with Gasteiger partial charge in [-0.05, 0) is 81.1 Å². The molecular formula is C29H35N3O4. The van der Waals surface area contributed by atoms with Crippen molar-refractivity contribution in [2.45, 2.75) is 19.4 Å². The Morgan fingerprint density at radius 1 is 0.833 bits per heavy atom. The van der Waals surface area contributed by atoms with Crippen LogP contribution < -0.4 is 10.1 Å². The minimum absolute atomic E-state index is 0.0536. The molecule has 0 bridgehead atoms. The quantitative estimate of drug-likeness (QED) is 0.349. The number of rotatable bonds is 14. The molecule has 0 heterocycles. The summed E-state index contributed by atoms with van der Waals surface area (Å²) in [6.07, 6.45) is 1.77. The number of hydrogen-bond acceptors (Lipinski definition) is 5. The molecule has 2 N–H and O–H groups in total. The monoisotopic (exact) mass is 489 g/mol. The van der Waals surface area contributed by atoms with E-state index >= 15 is 0 Å². The topological polar surface area (TPSA) is 82.1 Å². The van der Waals surface area contributed by atoms with E-state index in [1.807, 2.05) is 73.6 Å². The Kier molecular flexibility index (Phi) is 10.5. The van der Waals surface area contributed by atoms with Crippen LogP contribution in [0.25, 0.3) is 0 Å². The SMILES string of the molecule is CN(CCCN(C)Cc1ccc(C(=O)O)cc1)CC(=O)Nc1ccc(OCCc2ccccc2)cc1. The molecule has 36 heavy (non-hydrogen) atoms. The van der Waals surface area contributed by atoms with Crippen LogP contribution in [0.2, 0.25) is 0 Å². The van der Waals surface area contributed by atoms with E-state index in [2.05, 4.69) is 22.3 Å². The highest BCUT2D eigenvalue weighted by Crippen LogP contribution is 2.16. The number of carbonyl (C=O) groups is 2. The number of aromatic carboxylic acids is 1. The number of likely N-dealkylation sites (N-methyl/N-ethyl adjacent to an activating group) is 1. The number of carboxylic acids is 1. The van der Waals surface area contributed by atoms with Gasteiger partial charge in [0.15, 0.2) is 0 Å². The Bertz CT molecular complexity index is 1090. The van der Waals surface area contributed by atoms with Gasteiger partial charge in [-0.15, -0.1) is 0 Å². The van der Waals surface area contributed by atoms with Crippen molar-refractivity contribution in [3.8, 4) is 5.75 Å². The molecule has 7 nitrogen and oxygen atoms in total. The number of hydrogen-bond donors (Lipinski definition) is 2. The van der Waals surface area contributed by atoms with Crippen LogP contribution in [0.15, 0.2) is 78.9 Å². The van der Waals surface area contributed by atoms with Crippen LogP contribution in [0.3, 0.4) is 0 Å². The zero-order chi connectivity index (χ0) is 25.8. The number of anilines is 1. The third-order valence-electron chi connectivity index (χ3n) is 5.79. The van der Waals surface area contributed by atoms with Crippen molar-refractivity contribution < 1.29 is 19.4 Å². The molecule has 3 aromatic rings. The Morgan fingerprint density at radius 2 is 1.50 bits per heavy atom. The van der Waals surface area contributed by atoms with E-state index in [4.69, 9.17) is 9.84 Å². The summed E-state index contributed by atoms with van der Waals surface area (Å²) in [5, 5.41) is 11.9. The Balaban J connectivity index is 1.30. The molecule has 0 fully saturated rings. The molecule has 0 aliphatic rings. The minimum Gasteiger partial charge on any atom is -0.493 e. The molecule has 0 aliphatic carbocycles. The Morgan fingerprint density at radius 3 is 2.17 bits per heavy atom. The zero-order valence-corrected chi connectivity index (χ0v) is 21.0. The summed E-state index contributed by atoms with van der Waals surface area (Å²) in [7, 11) is 3.97. The van der Waals surface area contributed by atoms with E-state index in [1.54, 1.807) is 12.1 Å². The number of ether oxygens (including phenoxy) is 1. The van der Waals surface area contributed by atoms with E-state index < -0.39 is 5.97 Å². The first-order valence-electron chi connectivity index (χ1n) is 12.1. The van der Waals surface area contributed by atoms with Crippen LogP contribution in [0.4, 0.5) is 5.69 Å². The standard InChI is InChI=1S/C29H35N3O4/c1-31(21-24-9-11-25(12-10-24)29(34)35)18-6-19-32(2)22-28(33)30-26-13-15-27(16-14-26)36-20-17-23-7-4-3-5-8-23/h3-5,7-16H,6,17-22H2,1-2H3,(H,30,33)(H,34,35). The second-order valence-corrected chi connectivity index (χ2v) is 8.99. The molecule has 7 heteroatoms. The van der Waals surface area contributed by atoms with Crippen molar-refractivity contribution in [2.75, 3.05) is 45.7 Å². The predicted molar refractivity (Wildman–Crippen MR) is 143 cm³/mol. The fraction of sp³-hybridized carbons (Fsp3) is 0.310. The van der Waals surface area contributed by atoms with Crippen LogP contribution in [-0.4, -0.2) is 67.1 Å². The summed E-state index contributed by atoms with van der Waals surface area (Å²) in [4.78, 5) is 27.6. The van der Waals surface area contributed by atoms with Gasteiger partial charge in [0.25, 0.3) is 0 Å². The van der Waals surface area contributed by atoms with Gasteiger partial charge in [0, 0.05) is 18.7 Å². The highest BCUT2D eigenvalue weighted by atomic mass is 16.5. The summed E-state index contributed by atoms with van der Waals surface area (Å²) < 4.78 is 5.80. The molecule has 1 amide bonds. The lowest BCUT2D eigenvalue weighted by atomic mass is 10.1. The van der Waals surface area contributed by atoms with Crippen molar-refractivity contribution in [1.82, 2.24) is 9.80 Å². The number of carbonyl (C=O) groups excluding carboxylic acids is 1. The minimum atomic E-state index is -0.914. The first-order chi connectivity index (χ1) is 17.4. The van der Waals surface area contributed by atoms with Gasteiger partial charge in [0.05, 0.1) is 18.7 Å². The van der Waals surface area contributed by atoms with Crippen molar-refractivity contribution in [2.24, 2.45) is 0 Å². The third kappa shape index (κ3) is 9.52. The molecule has 0 atom stereocenters. The van der Waals surface area contributed by atoms with Gasteiger partial charge in [-0.25, -0.2) is 4.79 Å². The second kappa shape index (κ2) is 14.0. The van der Waals surface area contributed by atoms with Crippen molar-refractivity contribution in [3.63, 3.8) is 0 Å². The maximum Gasteiger partial charge on any atom is 0.335 e. The lowest BCUT2D eigenvalue weighted by Crippen LogP contribution is -2.32. The van der Waals surface area contributed by atoms with E-state index in [9.17, 15) is 9.59 Å². The van der Waals surface area contributed by atoms with Crippen LogP contribution in [-0.2, 0) is 17.8 Å². The Hall–Kier alpha value is -3.68. The molecule has 0 spiro atoms. The van der Waals surface area contributed by atoms with Crippen molar-refractivity contribution in [1.29, 1.82) is 0 Å². The fourth-order valence-electron chi connectivity index (χ4n) is 3.84. The summed E-state index contributed by atoms with van der Waals surface area (Å²) in [6.45, 7) is 3.33. The first-order valence-corrected chi connectivity index (χ1v) is 12.1. The van der Waals surface area contributed by atoms with Gasteiger partial charge in [-0.3, -0.25) is 9.69 Å². The molecule has 0 aromatic heterocycles. The van der Waals surface area contributed by atoms with Gasteiger partial charge in [-0.2, -0.15) is 0 Å². The third-order valence-corrected chi connectivity index (χ3v) is 5.79. The van der Waals surface area contributed by atoms with Crippen LogP contribution in [0.1, 0.15) is 27.9 Å².